The first-order valence-electron chi connectivity index (χ1n) is 2.91. The Hall–Kier alpha value is -1.18. The van der Waals surface area contributed by atoms with Crippen LogP contribution in [0.15, 0.2) is 5.29 Å². The summed E-state index contributed by atoms with van der Waals surface area (Å²) in [7, 11) is 0. The van der Waals surface area contributed by atoms with E-state index in [0.717, 1.165) is 5.01 Å². The summed E-state index contributed by atoms with van der Waals surface area (Å²) in [5, 5.41) is 11.8. The SMILES string of the molecule is N#C[C@@H]1C[C@H](F)CN1N=O. The van der Waals surface area contributed by atoms with Gasteiger partial charge in [-0.2, -0.15) is 5.26 Å². The number of hydrogen-bond acceptors (Lipinski definition) is 3. The summed E-state index contributed by atoms with van der Waals surface area (Å²) in [4.78, 5) is 9.88. The second-order valence-corrected chi connectivity index (χ2v) is 2.18. The number of nitriles is 1. The molecular weight excluding hydrogens is 137 g/mol. The zero-order valence-electron chi connectivity index (χ0n) is 5.20. The molecule has 0 unspecified atom stereocenters. The van der Waals surface area contributed by atoms with E-state index < -0.39 is 12.2 Å². The van der Waals surface area contributed by atoms with Crippen LogP contribution in [0.4, 0.5) is 4.39 Å². The minimum atomic E-state index is -1.08. The summed E-state index contributed by atoms with van der Waals surface area (Å²) in [5.41, 5.74) is 0. The maximum Gasteiger partial charge on any atom is 0.139 e. The molecule has 10 heavy (non-hydrogen) atoms. The van der Waals surface area contributed by atoms with Crippen molar-refractivity contribution in [3.05, 3.63) is 4.91 Å². The molecule has 4 nitrogen and oxygen atoms in total. The second-order valence-electron chi connectivity index (χ2n) is 2.18. The standard InChI is InChI=1S/C5H6FN3O/c6-4-1-5(2-7)9(3-4)8-10/h4-5H,1,3H2/t4-,5-/m0/s1. The van der Waals surface area contributed by atoms with E-state index in [4.69, 9.17) is 5.26 Å². The van der Waals surface area contributed by atoms with Gasteiger partial charge in [-0.05, 0) is 0 Å². The summed E-state index contributed by atoms with van der Waals surface area (Å²) in [6.45, 7) is -0.0400. The van der Waals surface area contributed by atoms with Gasteiger partial charge in [-0.1, -0.05) is 0 Å². The molecule has 0 N–H and O–H groups in total. The summed E-state index contributed by atoms with van der Waals surface area (Å²) in [6, 6.07) is 1.13. The van der Waals surface area contributed by atoms with Crippen LogP contribution in [0.5, 0.6) is 0 Å². The van der Waals surface area contributed by atoms with Crippen molar-refractivity contribution < 1.29 is 4.39 Å². The molecule has 0 aromatic heterocycles. The lowest BCUT2D eigenvalue weighted by molar-refractivity contribution is 0.278. The minimum absolute atomic E-state index is 0.0400. The molecule has 1 aliphatic rings. The van der Waals surface area contributed by atoms with E-state index in [9.17, 15) is 9.30 Å². The third kappa shape index (κ3) is 1.05. The third-order valence-electron chi connectivity index (χ3n) is 1.48. The van der Waals surface area contributed by atoms with Crippen LogP contribution < -0.4 is 0 Å². The average Bonchev–Trinajstić information content (AvgIpc) is 2.30. The van der Waals surface area contributed by atoms with Crippen LogP contribution in [-0.2, 0) is 0 Å². The molecule has 2 atom stereocenters. The third-order valence-corrected chi connectivity index (χ3v) is 1.48. The number of rotatable bonds is 1. The molecule has 1 saturated heterocycles. The molecular formula is C5H6FN3O. The average molecular weight is 143 g/mol. The van der Waals surface area contributed by atoms with Crippen LogP contribution in [-0.4, -0.2) is 23.8 Å². The summed E-state index contributed by atoms with van der Waals surface area (Å²) in [5.74, 6) is 0. The lowest BCUT2D eigenvalue weighted by atomic mass is 10.2. The lowest BCUT2D eigenvalue weighted by Crippen LogP contribution is -2.21. The smallest absolute Gasteiger partial charge is 0.139 e. The van der Waals surface area contributed by atoms with Gasteiger partial charge in [0, 0.05) is 6.42 Å². The van der Waals surface area contributed by atoms with Gasteiger partial charge < -0.3 is 0 Å². The van der Waals surface area contributed by atoms with E-state index in [1.165, 1.54) is 0 Å². The van der Waals surface area contributed by atoms with Gasteiger partial charge in [0.15, 0.2) is 0 Å². The van der Waals surface area contributed by atoms with Crippen molar-refractivity contribution in [3.8, 4) is 6.07 Å². The Morgan fingerprint density at radius 1 is 1.80 bits per heavy atom. The summed E-state index contributed by atoms with van der Waals surface area (Å²) in [6.07, 6.45) is -0.982. The highest BCUT2D eigenvalue weighted by atomic mass is 19.1. The van der Waals surface area contributed by atoms with Crippen LogP contribution >= 0.6 is 0 Å². The number of hydrogen-bond donors (Lipinski definition) is 0. The molecule has 5 heteroatoms. The molecule has 54 valence electrons. The molecule has 0 aromatic carbocycles. The quantitative estimate of drug-likeness (QED) is 0.505. The Bertz CT molecular complexity index is 178. The highest BCUT2D eigenvalue weighted by Gasteiger charge is 2.32. The predicted octanol–water partition coefficient (Wildman–Crippen LogP) is 0.604. The topological polar surface area (TPSA) is 56.5 Å². The van der Waals surface area contributed by atoms with Crippen LogP contribution in [0, 0.1) is 16.2 Å². The van der Waals surface area contributed by atoms with Crippen molar-refractivity contribution in [3.63, 3.8) is 0 Å². The maximum atomic E-state index is 12.4. The maximum absolute atomic E-state index is 12.4. The van der Waals surface area contributed by atoms with E-state index >= 15 is 0 Å². The molecule has 1 rings (SSSR count). The molecule has 1 heterocycles. The Morgan fingerprint density at radius 2 is 2.50 bits per heavy atom. The zero-order chi connectivity index (χ0) is 7.56. The van der Waals surface area contributed by atoms with Gasteiger partial charge in [-0.15, -0.1) is 4.91 Å². The lowest BCUT2D eigenvalue weighted by Gasteiger charge is -2.07. The Labute approximate surface area is 57.2 Å². The van der Waals surface area contributed by atoms with Gasteiger partial charge >= 0.3 is 0 Å². The highest BCUT2D eigenvalue weighted by molar-refractivity contribution is 4.97. The number of nitroso groups, excluding NO2 is 1. The van der Waals surface area contributed by atoms with E-state index in [0.29, 0.717) is 0 Å². The molecule has 0 bridgehead atoms. The number of halogens is 1. The van der Waals surface area contributed by atoms with E-state index in [-0.39, 0.29) is 13.0 Å². The summed E-state index contributed by atoms with van der Waals surface area (Å²) >= 11 is 0. The Kier molecular flexibility index (Phi) is 1.81. The van der Waals surface area contributed by atoms with Crippen molar-refractivity contribution in [1.82, 2.24) is 5.01 Å². The Morgan fingerprint density at radius 3 is 2.90 bits per heavy atom. The van der Waals surface area contributed by atoms with Crippen molar-refractivity contribution in [2.24, 2.45) is 5.29 Å². The molecule has 0 spiro atoms. The van der Waals surface area contributed by atoms with Gasteiger partial charge in [-0.3, -0.25) is 0 Å². The largest absolute Gasteiger partial charge is 0.245 e. The Balaban J connectivity index is 2.59. The van der Waals surface area contributed by atoms with E-state index in [2.05, 4.69) is 5.29 Å². The van der Waals surface area contributed by atoms with Gasteiger partial charge in [0.05, 0.1) is 17.9 Å². The molecule has 0 aromatic rings. The fourth-order valence-electron chi connectivity index (χ4n) is 0.978. The molecule has 0 aliphatic carbocycles. The van der Waals surface area contributed by atoms with Gasteiger partial charge in [-0.25, -0.2) is 9.40 Å². The van der Waals surface area contributed by atoms with Crippen molar-refractivity contribution in [1.29, 1.82) is 5.26 Å². The van der Waals surface area contributed by atoms with E-state index in [1.807, 2.05) is 0 Å². The molecule has 0 amide bonds. The van der Waals surface area contributed by atoms with Crippen molar-refractivity contribution in [2.45, 2.75) is 18.6 Å². The van der Waals surface area contributed by atoms with Crippen molar-refractivity contribution in [2.75, 3.05) is 6.54 Å². The molecule has 1 aliphatic heterocycles. The minimum Gasteiger partial charge on any atom is -0.245 e. The van der Waals surface area contributed by atoms with Crippen LogP contribution in [0.25, 0.3) is 0 Å². The first-order chi connectivity index (χ1) is 4.77. The fraction of sp³-hybridized carbons (Fsp3) is 0.800. The van der Waals surface area contributed by atoms with Crippen LogP contribution in [0.1, 0.15) is 6.42 Å². The van der Waals surface area contributed by atoms with Crippen LogP contribution in [0.3, 0.4) is 0 Å². The first-order valence-corrected chi connectivity index (χ1v) is 2.91. The summed E-state index contributed by atoms with van der Waals surface area (Å²) < 4.78 is 12.4. The molecule has 1 fully saturated rings. The van der Waals surface area contributed by atoms with Crippen molar-refractivity contribution >= 4 is 0 Å². The number of alkyl halides is 1. The van der Waals surface area contributed by atoms with Crippen LogP contribution in [0.2, 0.25) is 0 Å². The first kappa shape index (κ1) is 6.93. The normalized spacial score (nSPS) is 31.8. The number of nitrogens with zero attached hydrogens (tertiary/aromatic N) is 3. The van der Waals surface area contributed by atoms with E-state index in [1.54, 1.807) is 6.07 Å². The van der Waals surface area contributed by atoms with Gasteiger partial charge in [0.2, 0.25) is 0 Å². The highest BCUT2D eigenvalue weighted by Crippen LogP contribution is 2.19. The zero-order valence-corrected chi connectivity index (χ0v) is 5.20. The monoisotopic (exact) mass is 143 g/mol. The van der Waals surface area contributed by atoms with Gasteiger partial charge in [0.1, 0.15) is 12.2 Å². The fourth-order valence-corrected chi connectivity index (χ4v) is 0.978. The molecule has 0 radical (unpaired) electrons. The predicted molar refractivity (Wildman–Crippen MR) is 31.4 cm³/mol. The molecule has 0 saturated carbocycles. The van der Waals surface area contributed by atoms with Gasteiger partial charge in [0.25, 0.3) is 0 Å². The second kappa shape index (κ2) is 2.60.